The fourth-order valence-corrected chi connectivity index (χ4v) is 2.45. The van der Waals surface area contributed by atoms with E-state index in [-0.39, 0.29) is 0 Å². The van der Waals surface area contributed by atoms with E-state index < -0.39 is 0 Å². The van der Waals surface area contributed by atoms with E-state index in [2.05, 4.69) is 13.8 Å². The summed E-state index contributed by atoms with van der Waals surface area (Å²) >= 11 is 4.07. The van der Waals surface area contributed by atoms with E-state index in [4.69, 9.17) is 0 Å². The molecule has 0 fully saturated rings. The van der Waals surface area contributed by atoms with Crippen molar-refractivity contribution in [1.82, 2.24) is 0 Å². The maximum Gasteiger partial charge on any atom is -0.00672 e. The van der Waals surface area contributed by atoms with Gasteiger partial charge in [0.2, 0.25) is 0 Å². The lowest BCUT2D eigenvalue weighted by Gasteiger charge is -2.00. The van der Waals surface area contributed by atoms with Crippen molar-refractivity contribution < 1.29 is 0 Å². The van der Waals surface area contributed by atoms with Gasteiger partial charge in [0.15, 0.2) is 0 Å². The average Bonchev–Trinajstić information content (AvgIpc) is 2.10. The first-order valence-electron chi connectivity index (χ1n) is 4.65. The highest BCUT2D eigenvalue weighted by Gasteiger charge is 1.90. The Labute approximate surface area is 86.3 Å². The summed E-state index contributed by atoms with van der Waals surface area (Å²) in [6, 6.07) is 0. The molecule has 0 bridgehead atoms. The van der Waals surface area contributed by atoms with Gasteiger partial charge in [-0.3, -0.25) is 0 Å². The Kier molecular flexibility index (Phi) is 12.4. The maximum absolute atomic E-state index is 3.81. The van der Waals surface area contributed by atoms with E-state index in [0.717, 1.165) is 12.8 Å². The lowest BCUT2D eigenvalue weighted by atomic mass is 10.4. The molecule has 0 aromatic rings. The standard InChI is InChI=1S/C10H20S2/c1-3-7-11-9-5-6-10-12-8-4-2/h1-10H2. The van der Waals surface area contributed by atoms with Crippen LogP contribution in [0.1, 0.15) is 25.7 Å². The molecule has 0 amide bonds. The first kappa shape index (κ1) is 12.7. The third-order valence-electron chi connectivity index (χ3n) is 1.40. The minimum absolute atomic E-state index is 1.07. The van der Waals surface area contributed by atoms with Crippen LogP contribution < -0.4 is 0 Å². The molecule has 2 heteroatoms. The third kappa shape index (κ3) is 10.7. The van der Waals surface area contributed by atoms with Crippen molar-refractivity contribution in [3.63, 3.8) is 0 Å². The lowest BCUT2D eigenvalue weighted by molar-refractivity contribution is 0.906. The summed E-state index contributed by atoms with van der Waals surface area (Å²) in [5, 5.41) is 0. The molecular weight excluding hydrogens is 184 g/mol. The second kappa shape index (κ2) is 11.7. The molecule has 0 atom stereocenters. The smallest absolute Gasteiger partial charge is 0.00672 e. The third-order valence-corrected chi connectivity index (χ3v) is 3.71. The number of thioether (sulfide) groups is 2. The fourth-order valence-electron chi connectivity index (χ4n) is 0.816. The Morgan fingerprint density at radius 1 is 0.667 bits per heavy atom. The van der Waals surface area contributed by atoms with Crippen LogP contribution in [0, 0.1) is 13.8 Å². The minimum atomic E-state index is 1.07. The molecule has 2 radical (unpaired) electrons. The van der Waals surface area contributed by atoms with E-state index in [0.29, 0.717) is 0 Å². The van der Waals surface area contributed by atoms with Gasteiger partial charge < -0.3 is 0 Å². The van der Waals surface area contributed by atoms with E-state index in [9.17, 15) is 0 Å². The van der Waals surface area contributed by atoms with Gasteiger partial charge >= 0.3 is 0 Å². The molecule has 0 aliphatic heterocycles. The minimum Gasteiger partial charge on any atom is -0.162 e. The molecule has 0 N–H and O–H groups in total. The van der Waals surface area contributed by atoms with Crippen molar-refractivity contribution in [3.8, 4) is 0 Å². The van der Waals surface area contributed by atoms with Crippen molar-refractivity contribution >= 4 is 23.5 Å². The largest absolute Gasteiger partial charge is 0.162 e. The molecule has 0 aromatic carbocycles. The van der Waals surface area contributed by atoms with Crippen LogP contribution in [0.2, 0.25) is 0 Å². The van der Waals surface area contributed by atoms with Crippen LogP contribution in [-0.4, -0.2) is 23.0 Å². The Hall–Kier alpha value is 0.700. The Morgan fingerprint density at radius 3 is 1.42 bits per heavy atom. The lowest BCUT2D eigenvalue weighted by Crippen LogP contribution is -1.86. The van der Waals surface area contributed by atoms with E-state index in [1.54, 1.807) is 0 Å². The molecule has 0 aliphatic rings. The molecule has 12 heavy (non-hydrogen) atoms. The molecule has 72 valence electrons. The number of hydrogen-bond acceptors (Lipinski definition) is 2. The van der Waals surface area contributed by atoms with Crippen molar-refractivity contribution in [1.29, 1.82) is 0 Å². The quantitative estimate of drug-likeness (QED) is 0.525. The first-order valence-corrected chi connectivity index (χ1v) is 6.96. The van der Waals surface area contributed by atoms with Crippen LogP contribution in [0.4, 0.5) is 0 Å². The summed E-state index contributed by atoms with van der Waals surface area (Å²) in [6.45, 7) is 7.62. The van der Waals surface area contributed by atoms with Gasteiger partial charge in [-0.25, -0.2) is 0 Å². The van der Waals surface area contributed by atoms with E-state index in [1.165, 1.54) is 35.9 Å². The van der Waals surface area contributed by atoms with Gasteiger partial charge in [0, 0.05) is 0 Å². The molecule has 0 saturated heterocycles. The van der Waals surface area contributed by atoms with Crippen LogP contribution in [0.15, 0.2) is 0 Å². The highest BCUT2D eigenvalue weighted by atomic mass is 32.2. The van der Waals surface area contributed by atoms with Crippen molar-refractivity contribution in [2.75, 3.05) is 23.0 Å². The molecule has 0 heterocycles. The van der Waals surface area contributed by atoms with Crippen LogP contribution >= 0.6 is 23.5 Å². The summed E-state index contributed by atoms with van der Waals surface area (Å²) in [7, 11) is 0. The number of rotatable bonds is 9. The summed E-state index contributed by atoms with van der Waals surface area (Å²) in [5.41, 5.74) is 0. The topological polar surface area (TPSA) is 0 Å². The van der Waals surface area contributed by atoms with Crippen molar-refractivity contribution in [2.45, 2.75) is 25.7 Å². The van der Waals surface area contributed by atoms with Crippen LogP contribution in [0.3, 0.4) is 0 Å². The van der Waals surface area contributed by atoms with Crippen molar-refractivity contribution in [2.24, 2.45) is 0 Å². The predicted octanol–water partition coefficient (Wildman–Crippen LogP) is 3.68. The zero-order valence-corrected chi connectivity index (χ0v) is 9.52. The zero-order chi connectivity index (χ0) is 9.07. The zero-order valence-electron chi connectivity index (χ0n) is 7.89. The molecule has 0 unspecified atom stereocenters. The molecular formula is C10H20S2. The van der Waals surface area contributed by atoms with E-state index in [1.807, 2.05) is 23.5 Å². The van der Waals surface area contributed by atoms with Gasteiger partial charge in [0.25, 0.3) is 0 Å². The molecule has 0 rings (SSSR count). The molecule has 0 spiro atoms. The van der Waals surface area contributed by atoms with Crippen LogP contribution in [0.25, 0.3) is 0 Å². The van der Waals surface area contributed by atoms with Crippen molar-refractivity contribution in [3.05, 3.63) is 13.8 Å². The van der Waals surface area contributed by atoms with Crippen LogP contribution in [-0.2, 0) is 0 Å². The fraction of sp³-hybridized carbons (Fsp3) is 0.800. The van der Waals surface area contributed by atoms with Gasteiger partial charge in [0.1, 0.15) is 0 Å². The second-order valence-corrected chi connectivity index (χ2v) is 5.09. The normalized spacial score (nSPS) is 10.5. The number of unbranched alkanes of at least 4 members (excludes halogenated alkanes) is 1. The van der Waals surface area contributed by atoms with Gasteiger partial charge in [-0.15, -0.1) is 0 Å². The average molecular weight is 204 g/mol. The van der Waals surface area contributed by atoms with Gasteiger partial charge in [-0.05, 0) is 48.7 Å². The maximum atomic E-state index is 3.81. The molecule has 0 nitrogen and oxygen atoms in total. The Bertz CT molecular complexity index is 64.2. The van der Waals surface area contributed by atoms with Crippen LogP contribution in [0.5, 0.6) is 0 Å². The number of hydrogen-bond donors (Lipinski definition) is 0. The second-order valence-electron chi connectivity index (χ2n) is 2.64. The predicted molar refractivity (Wildman–Crippen MR) is 63.8 cm³/mol. The Balaban J connectivity index is 2.73. The summed E-state index contributed by atoms with van der Waals surface area (Å²) in [5.74, 6) is 5.10. The molecule has 0 aromatic heterocycles. The summed E-state index contributed by atoms with van der Waals surface area (Å²) in [4.78, 5) is 0. The molecule has 0 saturated carbocycles. The summed E-state index contributed by atoms with van der Waals surface area (Å²) < 4.78 is 0. The highest BCUT2D eigenvalue weighted by molar-refractivity contribution is 7.99. The highest BCUT2D eigenvalue weighted by Crippen LogP contribution is 2.09. The van der Waals surface area contributed by atoms with E-state index >= 15 is 0 Å². The SMILES string of the molecule is [CH2]CCSCCCCSCC[CH2]. The van der Waals surface area contributed by atoms with Gasteiger partial charge in [-0.2, -0.15) is 23.5 Å². The summed E-state index contributed by atoms with van der Waals surface area (Å²) in [6.07, 6.45) is 4.88. The van der Waals surface area contributed by atoms with Gasteiger partial charge in [0.05, 0.1) is 0 Å². The molecule has 0 aliphatic carbocycles. The monoisotopic (exact) mass is 204 g/mol. The first-order chi connectivity index (χ1) is 5.91. The van der Waals surface area contributed by atoms with Gasteiger partial charge in [-0.1, -0.05) is 13.8 Å². The Morgan fingerprint density at radius 2 is 1.08 bits per heavy atom.